The van der Waals surface area contributed by atoms with Gasteiger partial charge in [0.25, 0.3) is 5.91 Å². The summed E-state index contributed by atoms with van der Waals surface area (Å²) in [5, 5.41) is 2.98. The molecule has 96 valence electrons. The van der Waals surface area contributed by atoms with E-state index in [1.165, 1.54) is 11.1 Å². The topological polar surface area (TPSA) is 42.0 Å². The fourth-order valence-corrected chi connectivity index (χ4v) is 2.77. The van der Waals surface area contributed by atoms with Crippen molar-refractivity contribution >= 4 is 21.8 Å². The largest absolute Gasteiger partial charge is 0.351 e. The van der Waals surface area contributed by atoms with Crippen LogP contribution in [0.15, 0.2) is 47.2 Å². The Hall–Kier alpha value is -1.68. The quantitative estimate of drug-likeness (QED) is 0.885. The lowest BCUT2D eigenvalue weighted by molar-refractivity contribution is 0.0950. The summed E-state index contributed by atoms with van der Waals surface area (Å²) in [6.45, 7) is 0.690. The summed E-state index contributed by atoms with van der Waals surface area (Å²) in [6.07, 6.45) is 2.67. The highest BCUT2D eigenvalue weighted by atomic mass is 79.9. The summed E-state index contributed by atoms with van der Waals surface area (Å²) in [5.41, 5.74) is 3.39. The number of halogens is 1. The highest BCUT2D eigenvalue weighted by molar-refractivity contribution is 9.10. The van der Waals surface area contributed by atoms with E-state index >= 15 is 0 Å². The molecule has 1 unspecified atom stereocenters. The Balaban J connectivity index is 1.61. The van der Waals surface area contributed by atoms with Crippen LogP contribution < -0.4 is 5.32 Å². The number of hydrogen-bond acceptors (Lipinski definition) is 2. The molecule has 1 aromatic heterocycles. The summed E-state index contributed by atoms with van der Waals surface area (Å²) in [5.74, 6) is 0.401. The van der Waals surface area contributed by atoms with Gasteiger partial charge in [-0.3, -0.25) is 4.79 Å². The fourth-order valence-electron chi connectivity index (χ4n) is 2.41. The lowest BCUT2D eigenvalue weighted by atomic mass is 9.77. The van der Waals surface area contributed by atoms with E-state index < -0.39 is 0 Å². The van der Waals surface area contributed by atoms with Gasteiger partial charge in [0.05, 0.1) is 0 Å². The number of carbonyl (C=O) groups excluding carboxylic acids is 1. The van der Waals surface area contributed by atoms with Gasteiger partial charge in [-0.1, -0.05) is 24.3 Å². The van der Waals surface area contributed by atoms with Crippen molar-refractivity contribution in [3.05, 3.63) is 63.9 Å². The normalized spacial score (nSPS) is 16.4. The Bertz CT molecular complexity index is 627. The Kier molecular flexibility index (Phi) is 3.34. The average Bonchev–Trinajstić information content (AvgIpc) is 2.39. The van der Waals surface area contributed by atoms with Crippen molar-refractivity contribution in [2.24, 2.45) is 0 Å². The molecule has 1 aromatic carbocycles. The lowest BCUT2D eigenvalue weighted by Crippen LogP contribution is -2.33. The van der Waals surface area contributed by atoms with Crippen molar-refractivity contribution in [1.29, 1.82) is 0 Å². The van der Waals surface area contributed by atoms with Gasteiger partial charge in [-0.15, -0.1) is 0 Å². The van der Waals surface area contributed by atoms with Gasteiger partial charge in [-0.25, -0.2) is 4.98 Å². The number of aromatic nitrogens is 1. The Labute approximate surface area is 120 Å². The summed E-state index contributed by atoms with van der Waals surface area (Å²) in [6, 6.07) is 11.8. The highest BCUT2D eigenvalue weighted by Crippen LogP contribution is 2.33. The predicted octanol–water partition coefficient (Wildman–Crippen LogP) is 2.91. The van der Waals surface area contributed by atoms with E-state index in [0.29, 0.717) is 22.6 Å². The van der Waals surface area contributed by atoms with Crippen LogP contribution >= 0.6 is 15.9 Å². The smallest absolute Gasteiger partial charge is 0.251 e. The van der Waals surface area contributed by atoms with Gasteiger partial charge < -0.3 is 5.32 Å². The summed E-state index contributed by atoms with van der Waals surface area (Å²) < 4.78 is 0.675. The van der Waals surface area contributed by atoms with Gasteiger partial charge in [-0.2, -0.15) is 0 Å². The number of hydrogen-bond donors (Lipinski definition) is 1. The van der Waals surface area contributed by atoms with Gasteiger partial charge in [0.15, 0.2) is 0 Å². The summed E-state index contributed by atoms with van der Waals surface area (Å²) in [7, 11) is 0. The number of pyridine rings is 1. The number of amides is 1. The van der Waals surface area contributed by atoms with Crippen LogP contribution in [-0.4, -0.2) is 17.4 Å². The molecule has 0 saturated carbocycles. The molecule has 3 rings (SSSR count). The van der Waals surface area contributed by atoms with Crippen molar-refractivity contribution in [3.8, 4) is 0 Å². The molecule has 1 atom stereocenters. The van der Waals surface area contributed by atoms with Crippen molar-refractivity contribution in [2.45, 2.75) is 12.3 Å². The monoisotopic (exact) mass is 316 g/mol. The maximum absolute atomic E-state index is 12.0. The van der Waals surface area contributed by atoms with E-state index in [-0.39, 0.29) is 5.91 Å². The van der Waals surface area contributed by atoms with Crippen LogP contribution in [-0.2, 0) is 6.42 Å². The van der Waals surface area contributed by atoms with Gasteiger partial charge in [0, 0.05) is 24.2 Å². The zero-order valence-corrected chi connectivity index (χ0v) is 11.9. The third-order valence-electron chi connectivity index (χ3n) is 3.46. The van der Waals surface area contributed by atoms with E-state index in [1.807, 2.05) is 6.07 Å². The molecule has 2 aromatic rings. The molecule has 19 heavy (non-hydrogen) atoms. The minimum atomic E-state index is -0.0486. The first-order valence-corrected chi connectivity index (χ1v) is 7.01. The van der Waals surface area contributed by atoms with E-state index in [0.717, 1.165) is 6.42 Å². The summed E-state index contributed by atoms with van der Waals surface area (Å²) >= 11 is 3.27. The third-order valence-corrected chi connectivity index (χ3v) is 3.89. The number of fused-ring (bicyclic) bond motifs is 1. The molecule has 0 spiro atoms. The van der Waals surface area contributed by atoms with Crippen molar-refractivity contribution in [3.63, 3.8) is 0 Å². The van der Waals surface area contributed by atoms with Crippen LogP contribution in [0, 0.1) is 0 Å². The first-order chi connectivity index (χ1) is 9.24. The molecule has 0 bridgehead atoms. The first kappa shape index (κ1) is 12.4. The molecule has 1 aliphatic rings. The fraction of sp³-hybridized carbons (Fsp3) is 0.200. The van der Waals surface area contributed by atoms with Crippen LogP contribution in [0.25, 0.3) is 0 Å². The second kappa shape index (κ2) is 5.13. The second-order valence-electron chi connectivity index (χ2n) is 4.68. The van der Waals surface area contributed by atoms with Crippen molar-refractivity contribution < 1.29 is 4.79 Å². The molecule has 4 heteroatoms. The molecule has 1 aliphatic carbocycles. The third kappa shape index (κ3) is 2.54. The molecule has 1 heterocycles. The standard InChI is InChI=1S/C15H13BrN2O/c16-14-8-11(5-6-17-14)15(19)18-9-12-7-10-3-1-2-4-13(10)12/h1-6,8,12H,7,9H2,(H,18,19). The molecule has 0 saturated heterocycles. The molecule has 0 radical (unpaired) electrons. The molecule has 3 nitrogen and oxygen atoms in total. The molecule has 1 amide bonds. The van der Waals surface area contributed by atoms with Crippen LogP contribution in [0.2, 0.25) is 0 Å². The molecule has 1 N–H and O–H groups in total. The van der Waals surface area contributed by atoms with Crippen LogP contribution in [0.3, 0.4) is 0 Å². The van der Waals surface area contributed by atoms with Gasteiger partial charge in [-0.05, 0) is 45.6 Å². The van der Waals surface area contributed by atoms with Gasteiger partial charge in [0.1, 0.15) is 4.60 Å². The number of nitrogens with one attached hydrogen (secondary N) is 1. The van der Waals surface area contributed by atoms with E-state index in [1.54, 1.807) is 18.3 Å². The average molecular weight is 317 g/mol. The second-order valence-corrected chi connectivity index (χ2v) is 5.49. The zero-order chi connectivity index (χ0) is 13.2. The maximum Gasteiger partial charge on any atom is 0.251 e. The summed E-state index contributed by atoms with van der Waals surface area (Å²) in [4.78, 5) is 16.0. The Morgan fingerprint density at radius 1 is 1.37 bits per heavy atom. The minimum Gasteiger partial charge on any atom is -0.351 e. The van der Waals surface area contributed by atoms with Crippen LogP contribution in [0.5, 0.6) is 0 Å². The minimum absolute atomic E-state index is 0.0486. The predicted molar refractivity (Wildman–Crippen MR) is 77.2 cm³/mol. The van der Waals surface area contributed by atoms with Crippen molar-refractivity contribution in [1.82, 2.24) is 10.3 Å². The first-order valence-electron chi connectivity index (χ1n) is 6.21. The van der Waals surface area contributed by atoms with E-state index in [4.69, 9.17) is 0 Å². The van der Waals surface area contributed by atoms with Crippen molar-refractivity contribution in [2.75, 3.05) is 6.54 Å². The number of carbonyl (C=O) groups is 1. The SMILES string of the molecule is O=C(NCC1Cc2ccccc21)c1ccnc(Br)c1. The van der Waals surface area contributed by atoms with Gasteiger partial charge >= 0.3 is 0 Å². The van der Waals surface area contributed by atoms with E-state index in [9.17, 15) is 4.79 Å². The van der Waals surface area contributed by atoms with Crippen LogP contribution in [0.1, 0.15) is 27.4 Å². The molecular weight excluding hydrogens is 304 g/mol. The highest BCUT2D eigenvalue weighted by Gasteiger charge is 2.25. The Morgan fingerprint density at radius 3 is 3.00 bits per heavy atom. The molecule has 0 fully saturated rings. The Morgan fingerprint density at radius 2 is 2.21 bits per heavy atom. The maximum atomic E-state index is 12.0. The lowest BCUT2D eigenvalue weighted by Gasteiger charge is -2.30. The number of rotatable bonds is 3. The number of benzene rings is 1. The van der Waals surface area contributed by atoms with Gasteiger partial charge in [0.2, 0.25) is 0 Å². The number of nitrogens with zero attached hydrogens (tertiary/aromatic N) is 1. The zero-order valence-electron chi connectivity index (χ0n) is 10.3. The van der Waals surface area contributed by atoms with E-state index in [2.05, 4.69) is 44.4 Å². The molecular formula is C15H13BrN2O. The molecule has 0 aliphatic heterocycles. The van der Waals surface area contributed by atoms with Crippen LogP contribution in [0.4, 0.5) is 0 Å².